The number of carbonyl (C=O) groups excluding carboxylic acids is 1. The molecule has 6 heteroatoms. The zero-order chi connectivity index (χ0) is 11.5. The molecule has 0 radical (unpaired) electrons. The van der Waals surface area contributed by atoms with Crippen molar-refractivity contribution < 1.29 is 18.4 Å². The van der Waals surface area contributed by atoms with Crippen molar-refractivity contribution >= 4 is 5.97 Å². The molecule has 0 fully saturated rings. The van der Waals surface area contributed by atoms with Crippen LogP contribution in [0.15, 0.2) is 21.6 Å². The van der Waals surface area contributed by atoms with E-state index in [2.05, 4.69) is 9.97 Å². The number of aromatic nitrogens is 2. The van der Waals surface area contributed by atoms with E-state index in [1.807, 2.05) is 0 Å². The number of carbonyl (C=O) groups is 1. The highest BCUT2D eigenvalue weighted by Gasteiger charge is 2.23. The average Bonchev–Trinajstić information content (AvgIpc) is 2.85. The Morgan fingerprint density at radius 2 is 2.00 bits per heavy atom. The highest BCUT2D eigenvalue weighted by Crippen LogP contribution is 2.26. The Labute approximate surface area is 91.3 Å². The van der Waals surface area contributed by atoms with Crippen LogP contribution in [0.5, 0.6) is 0 Å². The first-order valence-corrected chi connectivity index (χ1v) is 4.75. The van der Waals surface area contributed by atoms with Crippen LogP contribution in [0, 0.1) is 6.92 Å². The summed E-state index contributed by atoms with van der Waals surface area (Å²) in [4.78, 5) is 19.2. The van der Waals surface area contributed by atoms with Crippen molar-refractivity contribution in [2.75, 3.05) is 6.61 Å². The van der Waals surface area contributed by atoms with Crippen molar-refractivity contribution in [3.63, 3.8) is 0 Å². The van der Waals surface area contributed by atoms with Gasteiger partial charge in [-0.1, -0.05) is 0 Å². The van der Waals surface area contributed by atoms with Crippen molar-refractivity contribution in [1.82, 2.24) is 9.97 Å². The Kier molecular flexibility index (Phi) is 2.72. The first-order valence-electron chi connectivity index (χ1n) is 4.75. The topological polar surface area (TPSA) is 78.4 Å². The smallest absolute Gasteiger partial charge is 0.361 e. The van der Waals surface area contributed by atoms with Gasteiger partial charge in [0.2, 0.25) is 5.76 Å². The lowest BCUT2D eigenvalue weighted by Crippen LogP contribution is -2.06. The molecular weight excluding hydrogens is 212 g/mol. The molecule has 0 aliphatic carbocycles. The van der Waals surface area contributed by atoms with Gasteiger partial charge in [0.05, 0.1) is 12.3 Å². The molecule has 2 heterocycles. The van der Waals surface area contributed by atoms with Crippen LogP contribution in [0.1, 0.15) is 23.1 Å². The Balaban J connectivity index is 2.40. The summed E-state index contributed by atoms with van der Waals surface area (Å²) in [5.74, 6) is 0.0936. The van der Waals surface area contributed by atoms with Crippen LogP contribution in [0.2, 0.25) is 0 Å². The number of hydrogen-bond donors (Lipinski definition) is 0. The molecule has 0 atom stereocenters. The second-order valence-electron chi connectivity index (χ2n) is 3.02. The maximum atomic E-state index is 11.5. The number of rotatable bonds is 3. The van der Waals surface area contributed by atoms with Gasteiger partial charge in [0.1, 0.15) is 0 Å². The molecule has 0 N–H and O–H groups in total. The summed E-state index contributed by atoms with van der Waals surface area (Å²) in [6, 6.07) is 0. The van der Waals surface area contributed by atoms with Gasteiger partial charge in [0, 0.05) is 0 Å². The van der Waals surface area contributed by atoms with E-state index in [9.17, 15) is 4.79 Å². The van der Waals surface area contributed by atoms with E-state index in [0.29, 0.717) is 11.5 Å². The highest BCUT2D eigenvalue weighted by atomic mass is 16.5. The van der Waals surface area contributed by atoms with Crippen LogP contribution in [-0.2, 0) is 4.74 Å². The molecule has 0 aliphatic rings. The number of esters is 1. The first-order chi connectivity index (χ1) is 7.74. The second kappa shape index (κ2) is 4.18. The molecule has 0 saturated carbocycles. The molecule has 6 nitrogen and oxygen atoms in total. The largest absolute Gasteiger partial charge is 0.461 e. The van der Waals surface area contributed by atoms with E-state index in [1.165, 1.54) is 12.8 Å². The molecule has 0 unspecified atom stereocenters. The Bertz CT molecular complexity index is 500. The van der Waals surface area contributed by atoms with E-state index < -0.39 is 5.97 Å². The fraction of sp³-hybridized carbons (Fsp3) is 0.300. The van der Waals surface area contributed by atoms with E-state index >= 15 is 0 Å². The highest BCUT2D eigenvalue weighted by molar-refractivity contribution is 5.93. The minimum Gasteiger partial charge on any atom is -0.461 e. The molecular formula is C10H10N2O4. The van der Waals surface area contributed by atoms with Gasteiger partial charge < -0.3 is 13.6 Å². The van der Waals surface area contributed by atoms with Crippen LogP contribution >= 0.6 is 0 Å². The SMILES string of the molecule is CCOC(=O)c1ncoc1-c1ocnc1C. The van der Waals surface area contributed by atoms with E-state index in [4.69, 9.17) is 13.6 Å². The third kappa shape index (κ3) is 1.69. The van der Waals surface area contributed by atoms with E-state index in [0.717, 1.165) is 0 Å². The minimum atomic E-state index is -0.540. The molecule has 84 valence electrons. The number of ether oxygens (including phenoxy) is 1. The zero-order valence-corrected chi connectivity index (χ0v) is 8.89. The normalized spacial score (nSPS) is 10.4. The van der Waals surface area contributed by atoms with Gasteiger partial charge in [-0.3, -0.25) is 0 Å². The summed E-state index contributed by atoms with van der Waals surface area (Å²) in [7, 11) is 0. The molecule has 2 aromatic rings. The molecule has 2 aromatic heterocycles. The van der Waals surface area contributed by atoms with Gasteiger partial charge >= 0.3 is 5.97 Å². The van der Waals surface area contributed by atoms with Crippen LogP contribution in [0.4, 0.5) is 0 Å². The summed E-state index contributed by atoms with van der Waals surface area (Å²) < 4.78 is 15.1. The second-order valence-corrected chi connectivity index (χ2v) is 3.02. The fourth-order valence-corrected chi connectivity index (χ4v) is 1.27. The number of nitrogens with zero attached hydrogens (tertiary/aromatic N) is 2. The summed E-state index contributed by atoms with van der Waals surface area (Å²) in [6.45, 7) is 3.74. The molecule has 16 heavy (non-hydrogen) atoms. The number of oxazole rings is 2. The van der Waals surface area contributed by atoms with Crippen molar-refractivity contribution in [2.45, 2.75) is 13.8 Å². The molecule has 0 spiro atoms. The number of hydrogen-bond acceptors (Lipinski definition) is 6. The quantitative estimate of drug-likeness (QED) is 0.737. The summed E-state index contributed by atoms with van der Waals surface area (Å²) in [6.07, 6.45) is 2.45. The van der Waals surface area contributed by atoms with Gasteiger partial charge in [0.15, 0.2) is 24.2 Å². The monoisotopic (exact) mass is 222 g/mol. The van der Waals surface area contributed by atoms with Gasteiger partial charge in [-0.2, -0.15) is 0 Å². The third-order valence-electron chi connectivity index (χ3n) is 1.99. The molecule has 0 aliphatic heterocycles. The maximum Gasteiger partial charge on any atom is 0.361 e. The Morgan fingerprint density at radius 1 is 1.31 bits per heavy atom. The summed E-state index contributed by atoms with van der Waals surface area (Å²) in [5, 5.41) is 0. The fourth-order valence-electron chi connectivity index (χ4n) is 1.27. The van der Waals surface area contributed by atoms with Crippen molar-refractivity contribution in [3.8, 4) is 11.5 Å². The average molecular weight is 222 g/mol. The summed E-state index contributed by atoms with van der Waals surface area (Å²) >= 11 is 0. The molecule has 0 aromatic carbocycles. The van der Waals surface area contributed by atoms with Crippen LogP contribution in [0.25, 0.3) is 11.5 Å². The Hall–Kier alpha value is -2.11. The standard InChI is InChI=1S/C10H10N2O4/c1-3-14-10(13)7-9(16-5-12-7)8-6(2)11-4-15-8/h4-5H,3H2,1-2H3. The zero-order valence-electron chi connectivity index (χ0n) is 8.89. The van der Waals surface area contributed by atoms with Crippen molar-refractivity contribution in [2.24, 2.45) is 0 Å². The third-order valence-corrected chi connectivity index (χ3v) is 1.99. The van der Waals surface area contributed by atoms with Gasteiger partial charge in [-0.25, -0.2) is 14.8 Å². The molecule has 0 bridgehead atoms. The van der Waals surface area contributed by atoms with Crippen LogP contribution in [0.3, 0.4) is 0 Å². The van der Waals surface area contributed by atoms with E-state index in [1.54, 1.807) is 13.8 Å². The molecule has 0 amide bonds. The lowest BCUT2D eigenvalue weighted by atomic mass is 10.2. The minimum absolute atomic E-state index is 0.0988. The van der Waals surface area contributed by atoms with Gasteiger partial charge in [-0.05, 0) is 13.8 Å². The predicted molar refractivity (Wildman–Crippen MR) is 52.7 cm³/mol. The predicted octanol–water partition coefficient (Wildman–Crippen LogP) is 1.81. The lowest BCUT2D eigenvalue weighted by molar-refractivity contribution is 0.0520. The van der Waals surface area contributed by atoms with Crippen LogP contribution in [-0.4, -0.2) is 22.5 Å². The molecule has 2 rings (SSSR count). The Morgan fingerprint density at radius 3 is 2.62 bits per heavy atom. The first kappa shape index (κ1) is 10.4. The lowest BCUT2D eigenvalue weighted by Gasteiger charge is -1.99. The van der Waals surface area contributed by atoms with Crippen LogP contribution < -0.4 is 0 Å². The van der Waals surface area contributed by atoms with E-state index in [-0.39, 0.29) is 18.1 Å². The van der Waals surface area contributed by atoms with Gasteiger partial charge in [-0.15, -0.1) is 0 Å². The van der Waals surface area contributed by atoms with Gasteiger partial charge in [0.25, 0.3) is 0 Å². The maximum absolute atomic E-state index is 11.5. The van der Waals surface area contributed by atoms with Crippen molar-refractivity contribution in [3.05, 3.63) is 24.2 Å². The molecule has 0 saturated heterocycles. The summed E-state index contributed by atoms with van der Waals surface area (Å²) in [5.41, 5.74) is 0.726. The number of aryl methyl sites for hydroxylation is 1. The van der Waals surface area contributed by atoms with Crippen molar-refractivity contribution in [1.29, 1.82) is 0 Å².